The summed E-state index contributed by atoms with van der Waals surface area (Å²) in [4.78, 5) is 24.1. The fraction of sp³-hybridized carbons (Fsp3) is 0.500. The van der Waals surface area contributed by atoms with Crippen molar-refractivity contribution in [2.24, 2.45) is 5.73 Å². The van der Waals surface area contributed by atoms with Crippen LogP contribution in [0.5, 0.6) is 0 Å². The molecular formula is C14H16ClF6N3O4. The summed E-state index contributed by atoms with van der Waals surface area (Å²) >= 11 is 5.72. The molecule has 160 valence electrons. The van der Waals surface area contributed by atoms with E-state index in [1.165, 1.54) is 0 Å². The molecule has 1 aromatic heterocycles. The second kappa shape index (κ2) is 10.9. The maximum Gasteiger partial charge on any atom is 0.490 e. The van der Waals surface area contributed by atoms with Crippen LogP contribution in [0, 0.1) is 0 Å². The molecule has 28 heavy (non-hydrogen) atoms. The molecule has 0 aromatic carbocycles. The quantitative estimate of drug-likeness (QED) is 0.455. The van der Waals surface area contributed by atoms with Gasteiger partial charge in [0, 0.05) is 19.1 Å². The van der Waals surface area contributed by atoms with Gasteiger partial charge in [0.1, 0.15) is 5.15 Å². The first kappa shape index (κ1) is 25.7. The Bertz CT molecular complexity index is 615. The highest BCUT2D eigenvalue weighted by Gasteiger charge is 2.38. The van der Waals surface area contributed by atoms with Crippen LogP contribution in [0.2, 0.25) is 5.15 Å². The molecule has 0 unspecified atom stereocenters. The molecule has 14 heteroatoms. The summed E-state index contributed by atoms with van der Waals surface area (Å²) in [6.45, 7) is 1.99. The highest BCUT2D eigenvalue weighted by molar-refractivity contribution is 6.29. The van der Waals surface area contributed by atoms with Crippen molar-refractivity contribution in [1.29, 1.82) is 0 Å². The molecule has 0 bridgehead atoms. The van der Waals surface area contributed by atoms with E-state index in [9.17, 15) is 26.3 Å². The van der Waals surface area contributed by atoms with Crippen LogP contribution in [-0.2, 0) is 9.59 Å². The number of carboxylic acids is 2. The monoisotopic (exact) mass is 439 g/mol. The standard InChI is InChI=1S/C10H14ClN3.2C2HF3O2/c11-10-4-3-9(6-13-10)14-5-1-2-8(12)7-14;2*3-2(4,5)1(6)7/h3-4,6,8H,1-2,5,7,12H2;2*(H,6,7)/t8-;;/m0../s1. The molecule has 1 fully saturated rings. The number of piperidine rings is 1. The fourth-order valence-electron chi connectivity index (χ4n) is 1.80. The van der Waals surface area contributed by atoms with E-state index in [2.05, 4.69) is 9.88 Å². The van der Waals surface area contributed by atoms with Crippen LogP contribution in [0.3, 0.4) is 0 Å². The van der Waals surface area contributed by atoms with Crippen molar-refractivity contribution in [2.45, 2.75) is 31.2 Å². The van der Waals surface area contributed by atoms with Gasteiger partial charge in [0.05, 0.1) is 11.9 Å². The summed E-state index contributed by atoms with van der Waals surface area (Å²) < 4.78 is 63.5. The molecule has 0 aliphatic carbocycles. The highest BCUT2D eigenvalue weighted by Crippen LogP contribution is 2.19. The fourth-order valence-corrected chi connectivity index (χ4v) is 1.91. The van der Waals surface area contributed by atoms with Crippen molar-refractivity contribution in [3.05, 3.63) is 23.5 Å². The molecule has 4 N–H and O–H groups in total. The molecule has 2 rings (SSSR count). The van der Waals surface area contributed by atoms with Crippen LogP contribution in [0.1, 0.15) is 12.8 Å². The number of hydrogen-bond acceptors (Lipinski definition) is 5. The Hall–Kier alpha value is -2.28. The van der Waals surface area contributed by atoms with E-state index < -0.39 is 24.3 Å². The van der Waals surface area contributed by atoms with E-state index >= 15 is 0 Å². The average Bonchev–Trinajstić information content (AvgIpc) is 2.55. The largest absolute Gasteiger partial charge is 0.490 e. The van der Waals surface area contributed by atoms with E-state index in [4.69, 9.17) is 37.1 Å². The zero-order valence-corrected chi connectivity index (χ0v) is 14.7. The SMILES string of the molecule is N[C@H]1CCCN(c2ccc(Cl)nc2)C1.O=C(O)C(F)(F)F.O=C(O)C(F)(F)F. The summed E-state index contributed by atoms with van der Waals surface area (Å²) in [5.41, 5.74) is 7.02. The van der Waals surface area contributed by atoms with Crippen molar-refractivity contribution < 1.29 is 46.1 Å². The number of carbonyl (C=O) groups is 2. The summed E-state index contributed by atoms with van der Waals surface area (Å²) in [5.74, 6) is -5.51. The van der Waals surface area contributed by atoms with E-state index in [0.29, 0.717) is 11.2 Å². The van der Waals surface area contributed by atoms with Crippen molar-refractivity contribution in [3.8, 4) is 0 Å². The number of alkyl halides is 6. The van der Waals surface area contributed by atoms with Gasteiger partial charge in [-0.3, -0.25) is 0 Å². The molecule has 1 saturated heterocycles. The first-order chi connectivity index (χ1) is 12.6. The topological polar surface area (TPSA) is 117 Å². The minimum absolute atomic E-state index is 0.291. The maximum atomic E-state index is 10.6. The summed E-state index contributed by atoms with van der Waals surface area (Å²) in [6, 6.07) is 4.10. The molecule has 1 atom stereocenters. The van der Waals surface area contributed by atoms with Crippen LogP contribution in [0.25, 0.3) is 0 Å². The summed E-state index contributed by atoms with van der Waals surface area (Å²) in [5, 5.41) is 14.8. The molecule has 1 aliphatic rings. The molecule has 0 radical (unpaired) electrons. The number of aromatic nitrogens is 1. The minimum atomic E-state index is -5.08. The Labute approximate surface area is 159 Å². The van der Waals surface area contributed by atoms with Crippen molar-refractivity contribution in [1.82, 2.24) is 4.98 Å². The third kappa shape index (κ3) is 10.8. The van der Waals surface area contributed by atoms with E-state index in [0.717, 1.165) is 31.6 Å². The van der Waals surface area contributed by atoms with Crippen molar-refractivity contribution >= 4 is 29.2 Å². The van der Waals surface area contributed by atoms with Gasteiger partial charge in [0.15, 0.2) is 0 Å². The predicted octanol–water partition coefficient (Wildman–Crippen LogP) is 2.93. The number of nitrogens with zero attached hydrogens (tertiary/aromatic N) is 2. The maximum absolute atomic E-state index is 10.6. The normalized spacial score (nSPS) is 16.9. The number of hydrogen-bond donors (Lipinski definition) is 3. The van der Waals surface area contributed by atoms with Gasteiger partial charge in [-0.15, -0.1) is 0 Å². The first-order valence-electron chi connectivity index (χ1n) is 7.37. The van der Waals surface area contributed by atoms with Gasteiger partial charge >= 0.3 is 24.3 Å². The predicted molar refractivity (Wildman–Crippen MR) is 86.1 cm³/mol. The lowest BCUT2D eigenvalue weighted by Crippen LogP contribution is -2.42. The molecule has 7 nitrogen and oxygen atoms in total. The number of rotatable bonds is 1. The zero-order chi connectivity index (χ0) is 22.1. The van der Waals surface area contributed by atoms with Gasteiger partial charge in [-0.2, -0.15) is 26.3 Å². The van der Waals surface area contributed by atoms with Gasteiger partial charge < -0.3 is 20.8 Å². The lowest BCUT2D eigenvalue weighted by atomic mass is 10.1. The number of pyridine rings is 1. The lowest BCUT2D eigenvalue weighted by Gasteiger charge is -2.32. The van der Waals surface area contributed by atoms with Crippen molar-refractivity contribution in [3.63, 3.8) is 0 Å². The number of aliphatic carboxylic acids is 2. The minimum Gasteiger partial charge on any atom is -0.475 e. The Kier molecular flexibility index (Phi) is 10.0. The smallest absolute Gasteiger partial charge is 0.475 e. The average molecular weight is 440 g/mol. The Morgan fingerprint density at radius 3 is 1.89 bits per heavy atom. The van der Waals surface area contributed by atoms with E-state index in [1.807, 2.05) is 12.1 Å². The molecule has 0 saturated carbocycles. The Balaban J connectivity index is 0.000000444. The molecule has 0 spiro atoms. The number of halogens is 7. The van der Waals surface area contributed by atoms with Gasteiger partial charge in [0.25, 0.3) is 0 Å². The van der Waals surface area contributed by atoms with Crippen molar-refractivity contribution in [2.75, 3.05) is 18.0 Å². The van der Waals surface area contributed by atoms with E-state index in [1.54, 1.807) is 6.20 Å². The van der Waals surface area contributed by atoms with Gasteiger partial charge in [0.2, 0.25) is 0 Å². The molecule has 1 aromatic rings. The Morgan fingerprint density at radius 1 is 1.11 bits per heavy atom. The number of anilines is 1. The van der Waals surface area contributed by atoms with Crippen LogP contribution in [0.15, 0.2) is 18.3 Å². The van der Waals surface area contributed by atoms with Crippen LogP contribution in [0.4, 0.5) is 32.0 Å². The van der Waals surface area contributed by atoms with Crippen LogP contribution in [-0.4, -0.2) is 58.6 Å². The number of nitrogens with two attached hydrogens (primary N) is 1. The first-order valence-corrected chi connectivity index (χ1v) is 7.74. The molecular weight excluding hydrogens is 424 g/mol. The Morgan fingerprint density at radius 2 is 1.57 bits per heavy atom. The molecule has 2 heterocycles. The molecule has 1 aliphatic heterocycles. The summed E-state index contributed by atoms with van der Waals surface area (Å²) in [6.07, 6.45) is -6.08. The highest BCUT2D eigenvalue weighted by atomic mass is 35.5. The molecule has 0 amide bonds. The number of carboxylic acid groups (broad SMARTS) is 2. The van der Waals surface area contributed by atoms with Crippen LogP contribution >= 0.6 is 11.6 Å². The van der Waals surface area contributed by atoms with Gasteiger partial charge in [-0.05, 0) is 25.0 Å². The van der Waals surface area contributed by atoms with Gasteiger partial charge in [-0.25, -0.2) is 14.6 Å². The van der Waals surface area contributed by atoms with Gasteiger partial charge in [-0.1, -0.05) is 11.6 Å². The van der Waals surface area contributed by atoms with Crippen LogP contribution < -0.4 is 10.6 Å². The lowest BCUT2D eigenvalue weighted by molar-refractivity contribution is -0.193. The second-order valence-electron chi connectivity index (χ2n) is 5.29. The zero-order valence-electron chi connectivity index (χ0n) is 14.0. The third-order valence-electron chi connectivity index (χ3n) is 3.02. The second-order valence-corrected chi connectivity index (χ2v) is 5.68. The third-order valence-corrected chi connectivity index (χ3v) is 3.24. The van der Waals surface area contributed by atoms with E-state index in [-0.39, 0.29) is 0 Å². The summed E-state index contributed by atoms with van der Waals surface area (Å²) in [7, 11) is 0.